The number of Topliss-reactive ketones (excluding diaryl/α,β-unsaturated/α-hetero) is 1. The fourth-order valence-corrected chi connectivity index (χ4v) is 6.59. The molecule has 2 aliphatic rings. The summed E-state index contributed by atoms with van der Waals surface area (Å²) in [5.74, 6) is -0.864. The summed E-state index contributed by atoms with van der Waals surface area (Å²) < 4.78 is 63.7. The first kappa shape index (κ1) is 17.5. The molecule has 132 valence electrons. The van der Waals surface area contributed by atoms with Crippen molar-refractivity contribution in [1.29, 1.82) is 0 Å². The van der Waals surface area contributed by atoms with Gasteiger partial charge in [-0.2, -0.15) is 13.2 Å². The van der Waals surface area contributed by atoms with Crippen LogP contribution in [0.1, 0.15) is 53.6 Å². The van der Waals surface area contributed by atoms with Crippen molar-refractivity contribution in [3.8, 4) is 0 Å². The number of fused-ring (bicyclic) bond motifs is 2. The van der Waals surface area contributed by atoms with Crippen LogP contribution in [0, 0.1) is 12.8 Å². The smallest absolute Gasteiger partial charge is 0.294 e. The molecule has 2 saturated heterocycles. The van der Waals surface area contributed by atoms with E-state index in [0.717, 1.165) is 12.5 Å². The fourth-order valence-electron chi connectivity index (χ4n) is 4.05. The molecule has 0 saturated carbocycles. The van der Waals surface area contributed by atoms with Gasteiger partial charge < -0.3 is 0 Å². The number of halogens is 3. The first-order valence-corrected chi connectivity index (χ1v) is 9.67. The lowest BCUT2D eigenvalue weighted by atomic mass is 9.83. The molecule has 0 aliphatic carbocycles. The van der Waals surface area contributed by atoms with E-state index in [1.165, 1.54) is 19.1 Å². The van der Waals surface area contributed by atoms with Crippen molar-refractivity contribution in [2.24, 2.45) is 5.92 Å². The first-order valence-electron chi connectivity index (χ1n) is 8.06. The molecular weight excluding hydrogens is 341 g/mol. The van der Waals surface area contributed by atoms with Gasteiger partial charge in [0.2, 0.25) is 0 Å². The third-order valence-corrected chi connectivity index (χ3v) is 8.07. The number of benzene rings is 1. The Kier molecular flexibility index (Phi) is 4.26. The number of hydrogen-bond donors (Lipinski definition) is 0. The van der Waals surface area contributed by atoms with Crippen molar-refractivity contribution in [2.75, 3.05) is 0 Å². The van der Waals surface area contributed by atoms with Gasteiger partial charge in [0.1, 0.15) is 0 Å². The molecule has 24 heavy (non-hydrogen) atoms. The molecule has 2 bridgehead atoms. The predicted octanol–water partition coefficient (Wildman–Crippen LogP) is 3.94. The van der Waals surface area contributed by atoms with Crippen LogP contribution in [0.3, 0.4) is 0 Å². The van der Waals surface area contributed by atoms with E-state index in [9.17, 15) is 26.4 Å². The minimum Gasteiger partial charge on any atom is -0.294 e. The van der Waals surface area contributed by atoms with Crippen molar-refractivity contribution in [3.05, 3.63) is 34.9 Å². The highest BCUT2D eigenvalue weighted by Gasteiger charge is 2.46. The Morgan fingerprint density at radius 2 is 1.71 bits per heavy atom. The normalized spacial score (nSPS) is 29.2. The molecule has 1 aromatic rings. The van der Waals surface area contributed by atoms with Gasteiger partial charge in [-0.1, -0.05) is 18.6 Å². The summed E-state index contributed by atoms with van der Waals surface area (Å²) in [6.45, 7) is 1.30. The minimum absolute atomic E-state index is 0.0622. The van der Waals surface area contributed by atoms with Crippen molar-refractivity contribution >= 4 is 15.6 Å². The summed E-state index contributed by atoms with van der Waals surface area (Å²) in [4.78, 5) is 12.8. The zero-order chi connectivity index (χ0) is 17.7. The molecule has 7 heteroatoms. The molecule has 3 rings (SSSR count). The van der Waals surface area contributed by atoms with Crippen molar-refractivity contribution < 1.29 is 26.4 Å². The number of carbonyl (C=O) groups is 1. The largest absolute Gasteiger partial charge is 0.416 e. The van der Waals surface area contributed by atoms with Crippen LogP contribution in [0.4, 0.5) is 13.2 Å². The highest BCUT2D eigenvalue weighted by Crippen LogP contribution is 2.41. The van der Waals surface area contributed by atoms with Crippen LogP contribution in [0.25, 0.3) is 0 Å². The maximum Gasteiger partial charge on any atom is 0.416 e. The number of ketones is 1. The third kappa shape index (κ3) is 2.87. The van der Waals surface area contributed by atoms with E-state index in [1.54, 1.807) is 0 Å². The van der Waals surface area contributed by atoms with E-state index >= 15 is 0 Å². The summed E-state index contributed by atoms with van der Waals surface area (Å²) in [7, 11) is -3.19. The van der Waals surface area contributed by atoms with Gasteiger partial charge in [-0.3, -0.25) is 4.79 Å². The average Bonchev–Trinajstić information content (AvgIpc) is 2.44. The molecule has 3 nitrogen and oxygen atoms in total. The lowest BCUT2D eigenvalue weighted by Gasteiger charge is -2.38. The van der Waals surface area contributed by atoms with Gasteiger partial charge in [-0.05, 0) is 44.2 Å². The van der Waals surface area contributed by atoms with E-state index in [4.69, 9.17) is 0 Å². The predicted molar refractivity (Wildman–Crippen MR) is 83.6 cm³/mol. The summed E-state index contributed by atoms with van der Waals surface area (Å²) >= 11 is 0. The van der Waals surface area contributed by atoms with E-state index in [0.29, 0.717) is 12.8 Å². The quantitative estimate of drug-likeness (QED) is 0.751. The van der Waals surface area contributed by atoms with Crippen LogP contribution in [0.2, 0.25) is 0 Å². The van der Waals surface area contributed by atoms with Crippen LogP contribution >= 0.6 is 0 Å². The molecular formula is C17H19F3O3S. The van der Waals surface area contributed by atoms with E-state index < -0.39 is 38.0 Å². The Morgan fingerprint density at radius 1 is 1.12 bits per heavy atom. The van der Waals surface area contributed by atoms with E-state index in [-0.39, 0.29) is 29.8 Å². The molecule has 2 atom stereocenters. The second-order valence-electron chi connectivity index (χ2n) is 6.77. The highest BCUT2D eigenvalue weighted by atomic mass is 32.2. The van der Waals surface area contributed by atoms with Gasteiger partial charge in [0.25, 0.3) is 0 Å². The Bertz CT molecular complexity index is 748. The van der Waals surface area contributed by atoms with Crippen LogP contribution in [0.5, 0.6) is 0 Å². The highest BCUT2D eigenvalue weighted by molar-refractivity contribution is 7.92. The molecule has 2 heterocycles. The molecule has 0 N–H and O–H groups in total. The number of rotatable bonds is 2. The zero-order valence-electron chi connectivity index (χ0n) is 13.3. The molecule has 2 aliphatic heterocycles. The second kappa shape index (κ2) is 5.86. The minimum atomic E-state index is -4.51. The molecule has 0 radical (unpaired) electrons. The molecule has 2 unspecified atom stereocenters. The van der Waals surface area contributed by atoms with Gasteiger partial charge in [-0.25, -0.2) is 8.42 Å². The lowest BCUT2D eigenvalue weighted by Crippen LogP contribution is -2.45. The Balaban J connectivity index is 1.91. The summed E-state index contributed by atoms with van der Waals surface area (Å²) in [6.07, 6.45) is -2.13. The zero-order valence-corrected chi connectivity index (χ0v) is 14.1. The van der Waals surface area contributed by atoms with Crippen LogP contribution < -0.4 is 0 Å². The van der Waals surface area contributed by atoms with Gasteiger partial charge >= 0.3 is 6.18 Å². The number of hydrogen-bond acceptors (Lipinski definition) is 3. The number of carbonyl (C=O) groups excluding carboxylic acids is 1. The molecule has 0 amide bonds. The Hall–Kier alpha value is -1.37. The maximum absolute atomic E-state index is 13.0. The van der Waals surface area contributed by atoms with E-state index in [2.05, 4.69) is 0 Å². The maximum atomic E-state index is 13.0. The van der Waals surface area contributed by atoms with Crippen molar-refractivity contribution in [3.63, 3.8) is 0 Å². The average molecular weight is 360 g/mol. The van der Waals surface area contributed by atoms with Crippen molar-refractivity contribution in [2.45, 2.75) is 55.7 Å². The van der Waals surface area contributed by atoms with Crippen molar-refractivity contribution in [1.82, 2.24) is 0 Å². The summed E-state index contributed by atoms with van der Waals surface area (Å²) in [5.41, 5.74) is -0.822. The van der Waals surface area contributed by atoms with Gasteiger partial charge in [0, 0.05) is 11.5 Å². The fraction of sp³-hybridized carbons (Fsp3) is 0.588. The Morgan fingerprint density at radius 3 is 2.25 bits per heavy atom. The third-order valence-electron chi connectivity index (χ3n) is 5.35. The Labute approximate surface area is 139 Å². The lowest BCUT2D eigenvalue weighted by molar-refractivity contribution is -0.138. The standard InChI is InChI=1S/C17H19F3O3S/c1-10-14(6-3-7-15(10)17(18,19)20)16(21)11-8-12-4-2-5-13(9-11)24(12,22)23/h3,6-7,11-13H,2,4-5,8-9H2,1H3. The number of alkyl halides is 3. The molecule has 0 spiro atoms. The van der Waals surface area contributed by atoms with E-state index in [1.807, 2.05) is 0 Å². The first-order chi connectivity index (χ1) is 11.1. The van der Waals surface area contributed by atoms with Gasteiger partial charge in [0.15, 0.2) is 15.6 Å². The summed E-state index contributed by atoms with van der Waals surface area (Å²) in [6, 6.07) is 3.61. The second-order valence-corrected chi connectivity index (χ2v) is 9.28. The summed E-state index contributed by atoms with van der Waals surface area (Å²) in [5, 5.41) is -1.05. The number of sulfone groups is 1. The molecule has 0 aromatic heterocycles. The van der Waals surface area contributed by atoms with Crippen LogP contribution in [-0.4, -0.2) is 24.7 Å². The van der Waals surface area contributed by atoms with Gasteiger partial charge in [0.05, 0.1) is 16.1 Å². The van der Waals surface area contributed by atoms with Crippen LogP contribution in [0.15, 0.2) is 18.2 Å². The SMILES string of the molecule is Cc1c(C(=O)C2CC3CCCC(C2)S3(=O)=O)cccc1C(F)(F)F. The molecule has 2 fully saturated rings. The monoisotopic (exact) mass is 360 g/mol. The van der Waals surface area contributed by atoms with Crippen LogP contribution in [-0.2, 0) is 16.0 Å². The topological polar surface area (TPSA) is 51.2 Å². The van der Waals surface area contributed by atoms with Gasteiger partial charge in [-0.15, -0.1) is 0 Å². The molecule has 1 aromatic carbocycles.